The van der Waals surface area contributed by atoms with Crippen molar-refractivity contribution in [3.8, 4) is 0 Å². The normalized spacial score (nSPS) is 18.2. The molecule has 0 spiro atoms. The molecule has 134 valence electrons. The van der Waals surface area contributed by atoms with Crippen molar-refractivity contribution in [2.45, 2.75) is 30.3 Å². The Hall–Kier alpha value is -1.34. The average Bonchev–Trinajstić information content (AvgIpc) is 3.13. The maximum absolute atomic E-state index is 12.5. The molecule has 0 bridgehead atoms. The number of benzene rings is 1. The number of aliphatic hydroxyl groups excluding tert-OH is 1. The monoisotopic (exact) mass is 376 g/mol. The number of nitrogens with zero attached hydrogens (tertiary/aromatic N) is 1. The minimum atomic E-state index is 0.00156. The number of carbonyl (C=O) groups is 1. The highest BCUT2D eigenvalue weighted by atomic mass is 32.2. The summed E-state index contributed by atoms with van der Waals surface area (Å²) in [5, 5.41) is 14.2. The number of hydrogen-bond acceptors (Lipinski definition) is 5. The topological polar surface area (TPSA) is 52.6 Å². The van der Waals surface area contributed by atoms with Gasteiger partial charge in [0.2, 0.25) is 0 Å². The fourth-order valence-corrected chi connectivity index (χ4v) is 4.48. The number of likely N-dealkylation sites (tertiary alicyclic amines) is 1. The van der Waals surface area contributed by atoms with Gasteiger partial charge in [0, 0.05) is 40.2 Å². The van der Waals surface area contributed by atoms with Crippen molar-refractivity contribution >= 4 is 29.0 Å². The molecule has 1 unspecified atom stereocenters. The highest BCUT2D eigenvalue weighted by Gasteiger charge is 2.22. The van der Waals surface area contributed by atoms with Gasteiger partial charge in [0.05, 0.1) is 6.61 Å². The van der Waals surface area contributed by atoms with Crippen LogP contribution in [0.5, 0.6) is 0 Å². The number of amides is 1. The number of nitrogens with one attached hydrogen (secondary N) is 1. The van der Waals surface area contributed by atoms with Crippen LogP contribution >= 0.6 is 23.1 Å². The summed E-state index contributed by atoms with van der Waals surface area (Å²) in [5.41, 5.74) is 0.698. The van der Waals surface area contributed by atoms with Gasteiger partial charge in [0.1, 0.15) is 0 Å². The minimum Gasteiger partial charge on any atom is -0.396 e. The summed E-state index contributed by atoms with van der Waals surface area (Å²) >= 11 is 3.38. The van der Waals surface area contributed by atoms with Crippen LogP contribution in [0.3, 0.4) is 0 Å². The Bertz CT molecular complexity index is 659. The minimum absolute atomic E-state index is 0.00156. The van der Waals surface area contributed by atoms with E-state index in [1.165, 1.54) is 4.88 Å². The number of thioether (sulfide) groups is 1. The first-order valence-electron chi connectivity index (χ1n) is 8.64. The zero-order valence-electron chi connectivity index (χ0n) is 14.2. The predicted octanol–water partition coefficient (Wildman–Crippen LogP) is 3.23. The molecular weight excluding hydrogens is 352 g/mol. The highest BCUT2D eigenvalue weighted by Crippen LogP contribution is 2.19. The molecule has 6 heteroatoms. The molecule has 2 aromatic rings. The van der Waals surface area contributed by atoms with E-state index in [1.807, 2.05) is 24.3 Å². The fourth-order valence-electron chi connectivity index (χ4n) is 3.07. The number of piperidine rings is 1. The van der Waals surface area contributed by atoms with Crippen molar-refractivity contribution in [2.75, 3.05) is 25.4 Å². The van der Waals surface area contributed by atoms with Crippen LogP contribution < -0.4 is 5.32 Å². The van der Waals surface area contributed by atoms with E-state index in [4.69, 9.17) is 5.11 Å². The van der Waals surface area contributed by atoms with Crippen LogP contribution in [0.1, 0.15) is 28.1 Å². The molecule has 0 saturated carbocycles. The third-order valence-corrected chi connectivity index (χ3v) is 6.13. The molecule has 1 aromatic heterocycles. The quantitative estimate of drug-likeness (QED) is 0.729. The lowest BCUT2D eigenvalue weighted by molar-refractivity contribution is 0.0901. The molecule has 2 N–H and O–H groups in total. The summed E-state index contributed by atoms with van der Waals surface area (Å²) in [4.78, 5) is 17.4. The molecule has 4 nitrogen and oxygen atoms in total. The highest BCUT2D eigenvalue weighted by molar-refractivity contribution is 7.99. The van der Waals surface area contributed by atoms with Gasteiger partial charge in [-0.3, -0.25) is 9.69 Å². The third kappa shape index (κ3) is 5.57. The van der Waals surface area contributed by atoms with E-state index in [0.29, 0.717) is 11.3 Å². The van der Waals surface area contributed by atoms with E-state index < -0.39 is 0 Å². The molecule has 1 aromatic carbocycles. The van der Waals surface area contributed by atoms with Crippen molar-refractivity contribution in [3.63, 3.8) is 0 Å². The van der Waals surface area contributed by atoms with Crippen LogP contribution in [0.4, 0.5) is 0 Å². The van der Waals surface area contributed by atoms with Crippen LogP contribution in [0, 0.1) is 0 Å². The fraction of sp³-hybridized carbons (Fsp3) is 0.421. The summed E-state index contributed by atoms with van der Waals surface area (Å²) in [5.74, 6) is 0.676. The van der Waals surface area contributed by atoms with Gasteiger partial charge in [-0.2, -0.15) is 0 Å². The molecule has 0 aliphatic carbocycles. The van der Waals surface area contributed by atoms with Gasteiger partial charge >= 0.3 is 0 Å². The van der Waals surface area contributed by atoms with Crippen LogP contribution in [0.15, 0.2) is 46.7 Å². The van der Waals surface area contributed by atoms with E-state index in [9.17, 15) is 4.79 Å². The van der Waals surface area contributed by atoms with Crippen LogP contribution in [-0.2, 0) is 6.54 Å². The number of aliphatic hydroxyl groups is 1. The largest absolute Gasteiger partial charge is 0.396 e. The maximum Gasteiger partial charge on any atom is 0.251 e. The van der Waals surface area contributed by atoms with Crippen molar-refractivity contribution in [2.24, 2.45) is 0 Å². The van der Waals surface area contributed by atoms with Gasteiger partial charge < -0.3 is 10.4 Å². The lowest BCUT2D eigenvalue weighted by atomic mass is 10.0. The Balaban J connectivity index is 1.51. The van der Waals surface area contributed by atoms with Crippen molar-refractivity contribution < 1.29 is 9.90 Å². The summed E-state index contributed by atoms with van der Waals surface area (Å²) in [7, 11) is 0. The van der Waals surface area contributed by atoms with Crippen LogP contribution in [-0.4, -0.2) is 47.4 Å². The van der Waals surface area contributed by atoms with Crippen molar-refractivity contribution in [1.82, 2.24) is 10.2 Å². The Morgan fingerprint density at radius 2 is 2.16 bits per heavy atom. The summed E-state index contributed by atoms with van der Waals surface area (Å²) in [6.07, 6.45) is 2.16. The molecular formula is C19H24N2O2S2. The Labute approximate surface area is 157 Å². The van der Waals surface area contributed by atoms with E-state index in [2.05, 4.69) is 27.7 Å². The number of carbonyl (C=O) groups excluding carboxylic acids is 1. The first-order chi connectivity index (χ1) is 12.2. The number of rotatable bonds is 7. The lowest BCUT2D eigenvalue weighted by Crippen LogP contribution is -2.47. The molecule has 1 saturated heterocycles. The first-order valence-corrected chi connectivity index (χ1v) is 10.5. The smallest absolute Gasteiger partial charge is 0.251 e. The first kappa shape index (κ1) is 18.5. The second kappa shape index (κ2) is 9.38. The van der Waals surface area contributed by atoms with Crippen LogP contribution in [0.25, 0.3) is 0 Å². The molecule has 0 radical (unpaired) electrons. The number of hydrogen-bond donors (Lipinski definition) is 2. The molecule has 1 amide bonds. The predicted molar refractivity (Wildman–Crippen MR) is 104 cm³/mol. The Morgan fingerprint density at radius 1 is 1.32 bits per heavy atom. The van der Waals surface area contributed by atoms with Gasteiger partial charge in [-0.25, -0.2) is 0 Å². The molecule has 1 aliphatic heterocycles. The second-order valence-corrected chi connectivity index (χ2v) is 8.42. The zero-order chi connectivity index (χ0) is 17.5. The molecule has 1 fully saturated rings. The Kier molecular flexibility index (Phi) is 6.93. The van der Waals surface area contributed by atoms with E-state index in [-0.39, 0.29) is 18.6 Å². The van der Waals surface area contributed by atoms with Gasteiger partial charge in [0.15, 0.2) is 0 Å². The molecule has 1 aliphatic rings. The van der Waals surface area contributed by atoms with Gasteiger partial charge in [0.25, 0.3) is 5.91 Å². The number of thiophene rings is 1. The molecule has 1 atom stereocenters. The van der Waals surface area contributed by atoms with Gasteiger partial charge in [-0.1, -0.05) is 6.07 Å². The summed E-state index contributed by atoms with van der Waals surface area (Å²) in [6, 6.07) is 12.1. The average molecular weight is 377 g/mol. The molecule has 2 heterocycles. The lowest BCUT2D eigenvalue weighted by Gasteiger charge is -2.32. The van der Waals surface area contributed by atoms with Crippen molar-refractivity contribution in [3.05, 3.63) is 52.2 Å². The standard InChI is InChI=1S/C19H24N2O2S2/c22-10-12-25-17-7-5-15(6-8-17)19(23)20-16-3-1-9-21(13-16)14-18-4-2-11-24-18/h2,4-8,11,16,22H,1,3,9-10,12-14H2,(H,20,23). The van der Waals surface area contributed by atoms with E-state index in [0.717, 1.165) is 37.4 Å². The van der Waals surface area contributed by atoms with E-state index in [1.54, 1.807) is 23.1 Å². The van der Waals surface area contributed by atoms with Crippen LogP contribution in [0.2, 0.25) is 0 Å². The molecule has 25 heavy (non-hydrogen) atoms. The van der Waals surface area contributed by atoms with Gasteiger partial charge in [-0.05, 0) is 55.1 Å². The van der Waals surface area contributed by atoms with Gasteiger partial charge in [-0.15, -0.1) is 23.1 Å². The summed E-state index contributed by atoms with van der Waals surface area (Å²) < 4.78 is 0. The summed E-state index contributed by atoms with van der Waals surface area (Å²) in [6.45, 7) is 3.15. The zero-order valence-corrected chi connectivity index (χ0v) is 15.8. The third-order valence-electron chi connectivity index (χ3n) is 4.28. The molecule has 3 rings (SSSR count). The Morgan fingerprint density at radius 3 is 2.88 bits per heavy atom. The van der Waals surface area contributed by atoms with Crippen molar-refractivity contribution in [1.29, 1.82) is 0 Å². The maximum atomic E-state index is 12.5. The second-order valence-electron chi connectivity index (χ2n) is 6.22. The van der Waals surface area contributed by atoms with E-state index >= 15 is 0 Å². The SMILES string of the molecule is O=C(NC1CCCN(Cc2cccs2)C1)c1ccc(SCCO)cc1.